The van der Waals surface area contributed by atoms with Crippen LogP contribution < -0.4 is 5.32 Å². The second-order valence-corrected chi connectivity index (χ2v) is 6.66. The molecule has 2 atom stereocenters. The van der Waals surface area contributed by atoms with Gasteiger partial charge in [0.15, 0.2) is 0 Å². The van der Waals surface area contributed by atoms with Gasteiger partial charge in [-0.05, 0) is 23.0 Å². The molecule has 5 heteroatoms. The largest absolute Gasteiger partial charge is 0.481 e. The molecule has 0 aromatic heterocycles. The Hall–Kier alpha value is -1.88. The van der Waals surface area contributed by atoms with Crippen LogP contribution in [0.3, 0.4) is 0 Å². The molecular weight excluding hydrogens is 294 g/mol. The van der Waals surface area contributed by atoms with Gasteiger partial charge in [0.1, 0.15) is 6.10 Å². The summed E-state index contributed by atoms with van der Waals surface area (Å²) in [5, 5.41) is 11.9. The molecule has 2 N–H and O–H groups in total. The minimum Gasteiger partial charge on any atom is -0.481 e. The summed E-state index contributed by atoms with van der Waals surface area (Å²) < 4.78 is 5.11. The highest BCUT2D eigenvalue weighted by molar-refractivity contribution is 5.82. The molecule has 23 heavy (non-hydrogen) atoms. The molecular formula is C18H27NO4. The Morgan fingerprint density at radius 2 is 1.78 bits per heavy atom. The van der Waals surface area contributed by atoms with Gasteiger partial charge in [-0.2, -0.15) is 0 Å². The lowest BCUT2D eigenvalue weighted by Gasteiger charge is -2.23. The lowest BCUT2D eigenvalue weighted by atomic mass is 9.86. The fourth-order valence-corrected chi connectivity index (χ4v) is 2.37. The van der Waals surface area contributed by atoms with Gasteiger partial charge in [-0.3, -0.25) is 9.59 Å². The number of benzene rings is 1. The highest BCUT2D eigenvalue weighted by atomic mass is 16.5. The van der Waals surface area contributed by atoms with Crippen LogP contribution in [0.25, 0.3) is 0 Å². The summed E-state index contributed by atoms with van der Waals surface area (Å²) in [6, 6.07) is 7.14. The molecule has 1 amide bonds. The maximum absolute atomic E-state index is 12.2. The second-order valence-electron chi connectivity index (χ2n) is 6.66. The topological polar surface area (TPSA) is 75.6 Å². The lowest BCUT2D eigenvalue weighted by molar-refractivity contribution is -0.138. The van der Waals surface area contributed by atoms with E-state index in [1.54, 1.807) is 0 Å². The average molecular weight is 321 g/mol. The average Bonchev–Trinajstić information content (AvgIpc) is 2.46. The Bertz CT molecular complexity index is 527. The zero-order chi connectivity index (χ0) is 17.6. The molecule has 0 aliphatic rings. The van der Waals surface area contributed by atoms with Gasteiger partial charge in [-0.25, -0.2) is 0 Å². The Morgan fingerprint density at radius 3 is 2.17 bits per heavy atom. The van der Waals surface area contributed by atoms with E-state index >= 15 is 0 Å². The number of hydrogen-bond acceptors (Lipinski definition) is 3. The van der Waals surface area contributed by atoms with E-state index in [-0.39, 0.29) is 17.7 Å². The maximum atomic E-state index is 12.2. The molecule has 2 unspecified atom stereocenters. The minimum atomic E-state index is -0.958. The number of rotatable bonds is 7. The fourth-order valence-electron chi connectivity index (χ4n) is 2.37. The van der Waals surface area contributed by atoms with E-state index < -0.39 is 18.1 Å². The van der Waals surface area contributed by atoms with E-state index in [4.69, 9.17) is 9.84 Å². The predicted octanol–water partition coefficient (Wildman–Crippen LogP) is 3.04. The third kappa shape index (κ3) is 5.67. The second kappa shape index (κ2) is 8.11. The van der Waals surface area contributed by atoms with Crippen LogP contribution in [-0.2, 0) is 19.7 Å². The maximum Gasteiger partial charge on any atom is 0.305 e. The van der Waals surface area contributed by atoms with Crippen LogP contribution >= 0.6 is 0 Å². The summed E-state index contributed by atoms with van der Waals surface area (Å²) in [6.07, 6.45) is -0.202. The molecule has 1 aromatic rings. The van der Waals surface area contributed by atoms with Gasteiger partial charge in [0.05, 0.1) is 12.5 Å². The summed E-state index contributed by atoms with van der Waals surface area (Å²) in [4.78, 5) is 23.3. The SMILES string of the molecule is CCC(OC)C(=O)NC(CC(=O)O)c1ccc(C(C)(C)C)cc1. The van der Waals surface area contributed by atoms with Gasteiger partial charge in [0.2, 0.25) is 5.91 Å². The third-order valence-corrected chi connectivity index (χ3v) is 3.82. The van der Waals surface area contributed by atoms with Crippen molar-refractivity contribution in [2.45, 2.75) is 58.1 Å². The van der Waals surface area contributed by atoms with Crippen molar-refractivity contribution in [1.29, 1.82) is 0 Å². The Morgan fingerprint density at radius 1 is 1.22 bits per heavy atom. The quantitative estimate of drug-likeness (QED) is 0.809. The van der Waals surface area contributed by atoms with Crippen LogP contribution in [0.4, 0.5) is 0 Å². The van der Waals surface area contributed by atoms with Crippen molar-refractivity contribution in [3.63, 3.8) is 0 Å². The lowest BCUT2D eigenvalue weighted by Crippen LogP contribution is -2.38. The van der Waals surface area contributed by atoms with Crippen LogP contribution in [0.15, 0.2) is 24.3 Å². The highest BCUT2D eigenvalue weighted by Crippen LogP contribution is 2.25. The van der Waals surface area contributed by atoms with Crippen LogP contribution in [0, 0.1) is 0 Å². The number of ether oxygens (including phenoxy) is 1. The molecule has 0 bridgehead atoms. The third-order valence-electron chi connectivity index (χ3n) is 3.82. The smallest absolute Gasteiger partial charge is 0.305 e. The molecule has 0 saturated heterocycles. The fraction of sp³-hybridized carbons (Fsp3) is 0.556. The Kier molecular flexibility index (Phi) is 6.76. The summed E-state index contributed by atoms with van der Waals surface area (Å²) in [7, 11) is 1.47. The molecule has 0 fully saturated rings. The molecule has 1 rings (SSSR count). The number of nitrogens with one attached hydrogen (secondary N) is 1. The van der Waals surface area contributed by atoms with E-state index in [2.05, 4.69) is 26.1 Å². The van der Waals surface area contributed by atoms with Gasteiger partial charge in [-0.15, -0.1) is 0 Å². The van der Waals surface area contributed by atoms with Crippen molar-refractivity contribution in [3.05, 3.63) is 35.4 Å². The first-order valence-corrected chi connectivity index (χ1v) is 7.84. The molecule has 0 heterocycles. The molecule has 0 aliphatic heterocycles. The molecule has 0 spiro atoms. The van der Waals surface area contributed by atoms with Gasteiger partial charge >= 0.3 is 5.97 Å². The van der Waals surface area contributed by atoms with E-state index in [0.29, 0.717) is 6.42 Å². The first-order valence-electron chi connectivity index (χ1n) is 7.84. The summed E-state index contributed by atoms with van der Waals surface area (Å²) in [5.41, 5.74) is 1.96. The number of carboxylic acids is 1. The van der Waals surface area contributed by atoms with E-state index in [1.165, 1.54) is 7.11 Å². The zero-order valence-electron chi connectivity index (χ0n) is 14.6. The van der Waals surface area contributed by atoms with Crippen molar-refractivity contribution in [2.75, 3.05) is 7.11 Å². The molecule has 0 aliphatic carbocycles. The van der Waals surface area contributed by atoms with Crippen molar-refractivity contribution in [3.8, 4) is 0 Å². The monoisotopic (exact) mass is 321 g/mol. The van der Waals surface area contributed by atoms with Crippen molar-refractivity contribution in [2.24, 2.45) is 0 Å². The number of carbonyl (C=O) groups excluding carboxylic acids is 1. The van der Waals surface area contributed by atoms with Crippen molar-refractivity contribution < 1.29 is 19.4 Å². The number of carboxylic acid groups (broad SMARTS) is 1. The van der Waals surface area contributed by atoms with E-state index in [9.17, 15) is 9.59 Å². The van der Waals surface area contributed by atoms with Gasteiger partial charge in [-0.1, -0.05) is 52.0 Å². The summed E-state index contributed by atoms with van der Waals surface area (Å²) in [5.74, 6) is -1.25. The van der Waals surface area contributed by atoms with Crippen LogP contribution in [0.2, 0.25) is 0 Å². The number of hydrogen-bond donors (Lipinski definition) is 2. The van der Waals surface area contributed by atoms with Crippen molar-refractivity contribution in [1.82, 2.24) is 5.32 Å². The van der Waals surface area contributed by atoms with Crippen LogP contribution in [-0.4, -0.2) is 30.2 Å². The first kappa shape index (κ1) is 19.2. The molecule has 0 radical (unpaired) electrons. The summed E-state index contributed by atoms with van der Waals surface area (Å²) >= 11 is 0. The molecule has 1 aromatic carbocycles. The highest BCUT2D eigenvalue weighted by Gasteiger charge is 2.23. The van der Waals surface area contributed by atoms with Crippen LogP contribution in [0.1, 0.15) is 57.7 Å². The van der Waals surface area contributed by atoms with Gasteiger partial charge in [0, 0.05) is 7.11 Å². The number of carbonyl (C=O) groups is 2. The number of amides is 1. The zero-order valence-corrected chi connectivity index (χ0v) is 14.6. The molecule has 128 valence electrons. The standard InChI is InChI=1S/C18H27NO4/c1-6-15(23-5)17(22)19-14(11-16(20)21)12-7-9-13(10-8-12)18(2,3)4/h7-10,14-15H,6,11H2,1-5H3,(H,19,22)(H,20,21). The van der Waals surface area contributed by atoms with E-state index in [0.717, 1.165) is 11.1 Å². The Labute approximate surface area is 138 Å². The van der Waals surface area contributed by atoms with Gasteiger partial charge < -0.3 is 15.2 Å². The van der Waals surface area contributed by atoms with Crippen LogP contribution in [0.5, 0.6) is 0 Å². The molecule has 0 saturated carbocycles. The minimum absolute atomic E-state index is 0.0213. The Balaban J connectivity index is 2.98. The predicted molar refractivity (Wildman–Crippen MR) is 89.4 cm³/mol. The normalized spacial score (nSPS) is 14.1. The summed E-state index contributed by atoms with van der Waals surface area (Å²) in [6.45, 7) is 8.19. The van der Waals surface area contributed by atoms with Gasteiger partial charge in [0.25, 0.3) is 0 Å². The number of methoxy groups -OCH3 is 1. The van der Waals surface area contributed by atoms with Crippen molar-refractivity contribution >= 4 is 11.9 Å². The first-order chi connectivity index (χ1) is 10.7. The van der Waals surface area contributed by atoms with E-state index in [1.807, 2.05) is 31.2 Å². The number of aliphatic carboxylic acids is 1. The molecule has 5 nitrogen and oxygen atoms in total.